The number of hydrogen-bond acceptors (Lipinski definition) is 3. The predicted molar refractivity (Wildman–Crippen MR) is 79.3 cm³/mol. The molecule has 114 valence electrons. The molecule has 20 heavy (non-hydrogen) atoms. The van der Waals surface area contributed by atoms with Crippen molar-refractivity contribution in [2.24, 2.45) is 5.92 Å². The standard InChI is InChI=1S/C16H27NO3/c1-3-4-5-6-7-10-15(19)13(2)16(20)17-11-8-9-14(17)12-18/h3-4,13-14,18H,5-12H2,1-2H3/t13-,14-/m1/s1. The first-order valence-corrected chi connectivity index (χ1v) is 7.67. The number of hydrogen-bond donors (Lipinski definition) is 1. The Morgan fingerprint density at radius 3 is 2.80 bits per heavy atom. The molecule has 0 saturated carbocycles. The topological polar surface area (TPSA) is 57.6 Å². The fraction of sp³-hybridized carbons (Fsp3) is 0.750. The van der Waals surface area contributed by atoms with Gasteiger partial charge in [0.2, 0.25) is 5.91 Å². The molecule has 0 aliphatic carbocycles. The van der Waals surface area contributed by atoms with E-state index in [1.807, 2.05) is 13.0 Å². The Labute approximate surface area is 121 Å². The van der Waals surface area contributed by atoms with Gasteiger partial charge in [0, 0.05) is 13.0 Å². The van der Waals surface area contributed by atoms with Gasteiger partial charge in [0.25, 0.3) is 0 Å². The molecular weight excluding hydrogens is 254 g/mol. The van der Waals surface area contributed by atoms with Crippen molar-refractivity contribution < 1.29 is 14.7 Å². The average Bonchev–Trinajstić information content (AvgIpc) is 2.93. The van der Waals surface area contributed by atoms with Gasteiger partial charge in [-0.25, -0.2) is 0 Å². The predicted octanol–water partition coefficient (Wildman–Crippen LogP) is 2.31. The number of amides is 1. The second kappa shape index (κ2) is 8.90. The molecule has 1 rings (SSSR count). The van der Waals surface area contributed by atoms with E-state index in [4.69, 9.17) is 0 Å². The first kappa shape index (κ1) is 16.9. The molecular formula is C16H27NO3. The highest BCUT2D eigenvalue weighted by molar-refractivity contribution is 6.01. The molecule has 0 spiro atoms. The molecule has 2 atom stereocenters. The molecule has 1 saturated heterocycles. The summed E-state index contributed by atoms with van der Waals surface area (Å²) >= 11 is 0. The Kier molecular flexibility index (Phi) is 7.52. The fourth-order valence-electron chi connectivity index (χ4n) is 2.65. The van der Waals surface area contributed by atoms with Crippen LogP contribution < -0.4 is 0 Å². The maximum absolute atomic E-state index is 12.3. The van der Waals surface area contributed by atoms with E-state index in [0.717, 1.165) is 32.1 Å². The molecule has 4 heteroatoms. The van der Waals surface area contributed by atoms with Crippen molar-refractivity contribution in [2.45, 2.75) is 58.4 Å². The quantitative estimate of drug-likeness (QED) is 0.422. The molecule has 1 aliphatic rings. The number of nitrogens with zero attached hydrogens (tertiary/aromatic N) is 1. The van der Waals surface area contributed by atoms with Crippen molar-refractivity contribution in [3.05, 3.63) is 12.2 Å². The number of rotatable bonds is 8. The molecule has 1 N–H and O–H groups in total. The summed E-state index contributed by atoms with van der Waals surface area (Å²) in [6.45, 7) is 4.35. The molecule has 0 aromatic rings. The number of aliphatic hydroxyl groups excluding tert-OH is 1. The van der Waals surface area contributed by atoms with Crippen LogP contribution in [0.25, 0.3) is 0 Å². The largest absolute Gasteiger partial charge is 0.394 e. The molecule has 1 amide bonds. The van der Waals surface area contributed by atoms with Gasteiger partial charge in [-0.1, -0.05) is 12.2 Å². The van der Waals surface area contributed by atoms with E-state index in [2.05, 4.69) is 6.08 Å². The minimum Gasteiger partial charge on any atom is -0.394 e. The van der Waals surface area contributed by atoms with Crippen LogP contribution in [0.5, 0.6) is 0 Å². The minimum absolute atomic E-state index is 0.00397. The summed E-state index contributed by atoms with van der Waals surface area (Å²) in [6.07, 6.45) is 9.15. The Morgan fingerprint density at radius 2 is 2.15 bits per heavy atom. The summed E-state index contributed by atoms with van der Waals surface area (Å²) in [5.41, 5.74) is 0. The van der Waals surface area contributed by atoms with E-state index in [-0.39, 0.29) is 24.3 Å². The zero-order valence-electron chi connectivity index (χ0n) is 12.7. The van der Waals surface area contributed by atoms with Gasteiger partial charge in [-0.3, -0.25) is 9.59 Å². The third kappa shape index (κ3) is 4.75. The van der Waals surface area contributed by atoms with Crippen molar-refractivity contribution in [3.8, 4) is 0 Å². The smallest absolute Gasteiger partial charge is 0.233 e. The van der Waals surface area contributed by atoms with Gasteiger partial charge in [-0.2, -0.15) is 0 Å². The highest BCUT2D eigenvalue weighted by Gasteiger charge is 2.33. The molecule has 0 bridgehead atoms. The zero-order chi connectivity index (χ0) is 15.0. The van der Waals surface area contributed by atoms with E-state index in [1.54, 1.807) is 11.8 Å². The fourth-order valence-corrected chi connectivity index (χ4v) is 2.65. The van der Waals surface area contributed by atoms with Crippen LogP contribution in [0.2, 0.25) is 0 Å². The van der Waals surface area contributed by atoms with Gasteiger partial charge in [-0.05, 0) is 46.0 Å². The summed E-state index contributed by atoms with van der Waals surface area (Å²) in [6, 6.07) is -0.0903. The monoisotopic (exact) mass is 281 g/mol. The second-order valence-corrected chi connectivity index (χ2v) is 5.51. The lowest BCUT2D eigenvalue weighted by atomic mass is 9.99. The number of ketones is 1. The van der Waals surface area contributed by atoms with Gasteiger partial charge in [0.05, 0.1) is 18.6 Å². The third-order valence-electron chi connectivity index (χ3n) is 4.00. The molecule has 0 aromatic heterocycles. The summed E-state index contributed by atoms with van der Waals surface area (Å²) in [5.74, 6) is -0.650. The summed E-state index contributed by atoms with van der Waals surface area (Å²) in [4.78, 5) is 26.0. The lowest BCUT2D eigenvalue weighted by molar-refractivity contribution is -0.141. The second-order valence-electron chi connectivity index (χ2n) is 5.51. The van der Waals surface area contributed by atoms with Crippen molar-refractivity contribution in [1.29, 1.82) is 0 Å². The van der Waals surface area contributed by atoms with E-state index in [0.29, 0.717) is 13.0 Å². The molecule has 1 fully saturated rings. The van der Waals surface area contributed by atoms with E-state index >= 15 is 0 Å². The average molecular weight is 281 g/mol. The number of carbonyl (C=O) groups is 2. The maximum atomic E-state index is 12.3. The number of likely N-dealkylation sites (tertiary alicyclic amines) is 1. The van der Waals surface area contributed by atoms with Crippen molar-refractivity contribution in [3.63, 3.8) is 0 Å². The number of aliphatic hydroxyl groups is 1. The molecule has 4 nitrogen and oxygen atoms in total. The molecule has 0 radical (unpaired) electrons. The molecule has 1 aliphatic heterocycles. The Balaban J connectivity index is 2.37. The third-order valence-corrected chi connectivity index (χ3v) is 4.00. The van der Waals surface area contributed by atoms with Crippen LogP contribution in [0.3, 0.4) is 0 Å². The summed E-state index contributed by atoms with van der Waals surface area (Å²) in [7, 11) is 0. The Morgan fingerprint density at radius 1 is 1.40 bits per heavy atom. The van der Waals surface area contributed by atoms with Gasteiger partial charge >= 0.3 is 0 Å². The highest BCUT2D eigenvalue weighted by atomic mass is 16.3. The number of carbonyl (C=O) groups excluding carboxylic acids is 2. The minimum atomic E-state index is -0.566. The molecule has 0 unspecified atom stereocenters. The van der Waals surface area contributed by atoms with Crippen LogP contribution in [0.15, 0.2) is 12.2 Å². The van der Waals surface area contributed by atoms with Gasteiger partial charge < -0.3 is 10.0 Å². The first-order chi connectivity index (χ1) is 9.61. The van der Waals surface area contributed by atoms with Crippen LogP contribution in [-0.2, 0) is 9.59 Å². The number of unbranched alkanes of at least 4 members (excludes halogenated alkanes) is 2. The maximum Gasteiger partial charge on any atom is 0.233 e. The van der Waals surface area contributed by atoms with E-state index in [9.17, 15) is 14.7 Å². The molecule has 1 heterocycles. The van der Waals surface area contributed by atoms with Crippen LogP contribution in [0, 0.1) is 5.92 Å². The van der Waals surface area contributed by atoms with Crippen molar-refractivity contribution in [2.75, 3.05) is 13.2 Å². The van der Waals surface area contributed by atoms with Crippen LogP contribution in [-0.4, -0.2) is 40.9 Å². The summed E-state index contributed by atoms with van der Waals surface area (Å²) < 4.78 is 0. The highest BCUT2D eigenvalue weighted by Crippen LogP contribution is 2.20. The lowest BCUT2D eigenvalue weighted by Crippen LogP contribution is -2.42. The first-order valence-electron chi connectivity index (χ1n) is 7.67. The van der Waals surface area contributed by atoms with E-state index in [1.165, 1.54) is 0 Å². The van der Waals surface area contributed by atoms with Crippen molar-refractivity contribution in [1.82, 2.24) is 4.90 Å². The van der Waals surface area contributed by atoms with Crippen LogP contribution in [0.1, 0.15) is 52.4 Å². The van der Waals surface area contributed by atoms with Gasteiger partial charge in [0.1, 0.15) is 5.78 Å². The van der Waals surface area contributed by atoms with Crippen LogP contribution in [0.4, 0.5) is 0 Å². The van der Waals surface area contributed by atoms with Gasteiger partial charge in [0.15, 0.2) is 0 Å². The zero-order valence-corrected chi connectivity index (χ0v) is 12.7. The van der Waals surface area contributed by atoms with E-state index < -0.39 is 5.92 Å². The number of allylic oxidation sites excluding steroid dienone is 2. The summed E-state index contributed by atoms with van der Waals surface area (Å²) in [5, 5.41) is 9.24. The lowest BCUT2D eigenvalue weighted by Gasteiger charge is -2.25. The normalized spacial score (nSPS) is 20.6. The molecule has 0 aromatic carbocycles. The van der Waals surface area contributed by atoms with Crippen molar-refractivity contribution >= 4 is 11.7 Å². The van der Waals surface area contributed by atoms with Gasteiger partial charge in [-0.15, -0.1) is 0 Å². The van der Waals surface area contributed by atoms with Crippen LogP contribution >= 0.6 is 0 Å². The SMILES string of the molecule is CC=CCCCCC(=O)[C@@H](C)C(=O)N1CCC[C@@H]1CO. The number of Topliss-reactive ketones (excluding diaryl/α,β-unsaturated/α-hetero) is 1. The Bertz CT molecular complexity index is 352. The Hall–Kier alpha value is -1.16.